The molecule has 1 aliphatic heterocycles. The van der Waals surface area contributed by atoms with E-state index in [4.69, 9.17) is 0 Å². The lowest BCUT2D eigenvalue weighted by Crippen LogP contribution is -2.49. The van der Waals surface area contributed by atoms with Crippen LogP contribution in [-0.2, 0) is 16.0 Å². The Labute approximate surface area is 97.6 Å². The van der Waals surface area contributed by atoms with E-state index in [1.807, 2.05) is 0 Å². The number of nitrogens with one attached hydrogen (secondary N) is 1. The van der Waals surface area contributed by atoms with Crippen molar-refractivity contribution in [2.24, 2.45) is 0 Å². The van der Waals surface area contributed by atoms with E-state index >= 15 is 0 Å². The smallest absolute Gasteiger partial charge is 0.303 e. The molecule has 6 heteroatoms. The van der Waals surface area contributed by atoms with Gasteiger partial charge in [-0.05, 0) is 17.7 Å². The van der Waals surface area contributed by atoms with E-state index < -0.39 is 6.03 Å². The third-order valence-electron chi connectivity index (χ3n) is 2.46. The summed E-state index contributed by atoms with van der Waals surface area (Å²) in [6.07, 6.45) is 2.87. The van der Waals surface area contributed by atoms with Gasteiger partial charge in [-0.15, -0.1) is 0 Å². The van der Waals surface area contributed by atoms with Crippen LogP contribution in [0.2, 0.25) is 0 Å². The molecule has 0 bridgehead atoms. The zero-order chi connectivity index (χ0) is 12.3. The van der Waals surface area contributed by atoms with Crippen LogP contribution in [0.4, 0.5) is 10.6 Å². The molecule has 0 aliphatic carbocycles. The van der Waals surface area contributed by atoms with Crippen LogP contribution in [0.5, 0.6) is 0 Å². The van der Waals surface area contributed by atoms with Gasteiger partial charge in [0.15, 0.2) is 0 Å². The Kier molecular flexibility index (Phi) is 3.13. The molecule has 1 aromatic rings. The molecule has 1 aliphatic rings. The van der Waals surface area contributed by atoms with Crippen LogP contribution in [0.3, 0.4) is 0 Å². The normalized spacial score (nSPS) is 15.6. The van der Waals surface area contributed by atoms with Gasteiger partial charge in [0.2, 0.25) is 5.91 Å². The first-order chi connectivity index (χ1) is 8.20. The largest absolute Gasteiger partial charge is 0.329 e. The molecule has 0 spiro atoms. The van der Waals surface area contributed by atoms with Crippen molar-refractivity contribution in [3.63, 3.8) is 0 Å². The molecule has 0 unspecified atom stereocenters. The average Bonchev–Trinajstić information content (AvgIpc) is 2.29. The minimum Gasteiger partial charge on any atom is -0.303 e. The molecule has 0 saturated carbocycles. The number of urea groups is 1. The Morgan fingerprint density at radius 1 is 1.47 bits per heavy atom. The third-order valence-corrected chi connectivity index (χ3v) is 2.46. The number of aldehydes is 1. The summed E-state index contributed by atoms with van der Waals surface area (Å²) in [5.74, 6) is 0.171. The number of carbonyl (C=O) groups is 3. The second-order valence-corrected chi connectivity index (χ2v) is 3.65. The van der Waals surface area contributed by atoms with E-state index in [0.29, 0.717) is 12.4 Å². The van der Waals surface area contributed by atoms with Gasteiger partial charge in [-0.2, -0.15) is 0 Å². The summed E-state index contributed by atoms with van der Waals surface area (Å²) < 4.78 is 0. The van der Waals surface area contributed by atoms with Crippen LogP contribution in [0.15, 0.2) is 18.3 Å². The van der Waals surface area contributed by atoms with Gasteiger partial charge >= 0.3 is 6.03 Å². The average molecular weight is 233 g/mol. The number of anilines is 1. The summed E-state index contributed by atoms with van der Waals surface area (Å²) in [5.41, 5.74) is 0.787. The molecule has 6 nitrogen and oxygen atoms in total. The monoisotopic (exact) mass is 233 g/mol. The number of carbonyl (C=O) groups excluding carboxylic acids is 3. The molecule has 2 rings (SSSR count). The first kappa shape index (κ1) is 11.3. The summed E-state index contributed by atoms with van der Waals surface area (Å²) in [4.78, 5) is 38.4. The zero-order valence-corrected chi connectivity index (χ0v) is 9.05. The highest BCUT2D eigenvalue weighted by molar-refractivity contribution is 6.05. The Morgan fingerprint density at radius 3 is 3.00 bits per heavy atom. The Balaban J connectivity index is 2.21. The molecule has 88 valence electrons. The quantitative estimate of drug-likeness (QED) is 0.760. The highest BCUT2D eigenvalue weighted by Crippen LogP contribution is 2.15. The highest BCUT2D eigenvalue weighted by Gasteiger charge is 2.24. The van der Waals surface area contributed by atoms with Gasteiger partial charge < -0.3 is 4.79 Å². The van der Waals surface area contributed by atoms with Crippen molar-refractivity contribution >= 4 is 24.0 Å². The Hall–Kier alpha value is -2.24. The van der Waals surface area contributed by atoms with Gasteiger partial charge in [-0.3, -0.25) is 15.0 Å². The predicted octanol–water partition coefficient (Wildman–Crippen LogP) is 0.269. The van der Waals surface area contributed by atoms with Crippen molar-refractivity contribution in [2.45, 2.75) is 12.8 Å². The predicted molar refractivity (Wildman–Crippen MR) is 59.5 cm³/mol. The van der Waals surface area contributed by atoms with Crippen LogP contribution in [0, 0.1) is 0 Å². The van der Waals surface area contributed by atoms with Crippen molar-refractivity contribution in [1.29, 1.82) is 0 Å². The minimum absolute atomic E-state index is 0.255. The van der Waals surface area contributed by atoms with Crippen molar-refractivity contribution in [3.8, 4) is 0 Å². The van der Waals surface area contributed by atoms with E-state index in [1.54, 1.807) is 12.1 Å². The molecule has 17 heavy (non-hydrogen) atoms. The summed E-state index contributed by atoms with van der Waals surface area (Å²) in [6.45, 7) is 0.308. The number of amides is 3. The molecular formula is C11H11N3O3. The van der Waals surface area contributed by atoms with Crippen LogP contribution in [-0.4, -0.2) is 29.8 Å². The maximum Gasteiger partial charge on any atom is 0.329 e. The molecule has 1 saturated heterocycles. The molecule has 3 amide bonds. The first-order valence-electron chi connectivity index (χ1n) is 5.20. The number of hydrogen-bond donors (Lipinski definition) is 1. The molecule has 1 fully saturated rings. The number of aromatic nitrogens is 1. The highest BCUT2D eigenvalue weighted by atomic mass is 16.2. The maximum atomic E-state index is 11.6. The number of pyridine rings is 1. The van der Waals surface area contributed by atoms with E-state index in [2.05, 4.69) is 10.3 Å². The molecule has 2 heterocycles. The van der Waals surface area contributed by atoms with Gasteiger partial charge in [0, 0.05) is 25.6 Å². The number of rotatable bonds is 3. The van der Waals surface area contributed by atoms with E-state index in [-0.39, 0.29) is 18.7 Å². The van der Waals surface area contributed by atoms with Crippen LogP contribution in [0.25, 0.3) is 0 Å². The van der Waals surface area contributed by atoms with Crippen molar-refractivity contribution in [3.05, 3.63) is 23.9 Å². The Morgan fingerprint density at radius 2 is 2.29 bits per heavy atom. The fourth-order valence-electron chi connectivity index (χ4n) is 1.61. The molecule has 1 N–H and O–H groups in total. The summed E-state index contributed by atoms with van der Waals surface area (Å²) in [6, 6.07) is 2.91. The van der Waals surface area contributed by atoms with Gasteiger partial charge in [-0.1, -0.05) is 0 Å². The van der Waals surface area contributed by atoms with E-state index in [0.717, 1.165) is 11.8 Å². The lowest BCUT2D eigenvalue weighted by Gasteiger charge is -2.25. The maximum absolute atomic E-state index is 11.6. The van der Waals surface area contributed by atoms with Crippen molar-refractivity contribution in [1.82, 2.24) is 10.3 Å². The summed E-state index contributed by atoms with van der Waals surface area (Å²) in [5, 5.41) is 2.22. The fraction of sp³-hybridized carbons (Fsp3) is 0.273. The van der Waals surface area contributed by atoms with Crippen LogP contribution < -0.4 is 10.2 Å². The molecule has 0 radical (unpaired) electrons. The molecule has 0 atom stereocenters. The second-order valence-electron chi connectivity index (χ2n) is 3.65. The SMILES string of the molecule is O=CCc1ccnc(N2CCC(=O)NC2=O)c1. The summed E-state index contributed by atoms with van der Waals surface area (Å²) in [7, 11) is 0. The summed E-state index contributed by atoms with van der Waals surface area (Å²) >= 11 is 0. The van der Waals surface area contributed by atoms with Crippen LogP contribution >= 0.6 is 0 Å². The first-order valence-corrected chi connectivity index (χ1v) is 5.20. The topological polar surface area (TPSA) is 79.4 Å². The number of imide groups is 1. The molecular weight excluding hydrogens is 222 g/mol. The number of nitrogens with zero attached hydrogens (tertiary/aromatic N) is 2. The lowest BCUT2D eigenvalue weighted by molar-refractivity contribution is -0.120. The molecule has 0 aromatic carbocycles. The lowest BCUT2D eigenvalue weighted by atomic mass is 10.2. The van der Waals surface area contributed by atoms with Gasteiger partial charge in [0.25, 0.3) is 0 Å². The van der Waals surface area contributed by atoms with E-state index in [1.165, 1.54) is 11.1 Å². The molecule has 1 aromatic heterocycles. The van der Waals surface area contributed by atoms with E-state index in [9.17, 15) is 14.4 Å². The van der Waals surface area contributed by atoms with Crippen molar-refractivity contribution < 1.29 is 14.4 Å². The Bertz CT molecular complexity index is 473. The fourth-order valence-corrected chi connectivity index (χ4v) is 1.61. The van der Waals surface area contributed by atoms with Crippen molar-refractivity contribution in [2.75, 3.05) is 11.4 Å². The second kappa shape index (κ2) is 4.73. The van der Waals surface area contributed by atoms with Gasteiger partial charge in [0.1, 0.15) is 12.1 Å². The third kappa shape index (κ3) is 2.47. The van der Waals surface area contributed by atoms with Crippen LogP contribution in [0.1, 0.15) is 12.0 Å². The number of hydrogen-bond acceptors (Lipinski definition) is 4. The standard InChI is InChI=1S/C11H11N3O3/c15-6-3-8-1-4-12-9(7-8)14-5-2-10(16)13-11(14)17/h1,4,6-7H,2-3,5H2,(H,13,16,17). The van der Waals surface area contributed by atoms with Gasteiger partial charge in [-0.25, -0.2) is 9.78 Å². The zero-order valence-electron chi connectivity index (χ0n) is 9.05. The van der Waals surface area contributed by atoms with Gasteiger partial charge in [0.05, 0.1) is 0 Å². The minimum atomic E-state index is -0.475.